The Morgan fingerprint density at radius 1 is 1.27 bits per heavy atom. The Hall–Kier alpha value is -1.88. The minimum Gasteiger partial charge on any atom is -0.330 e. The Kier molecular flexibility index (Phi) is 7.22. The molecular weight excluding hydrogens is 447 g/mol. The predicted octanol–water partition coefficient (Wildman–Crippen LogP) is 1.58. The lowest BCUT2D eigenvalue weighted by Gasteiger charge is -2.37. The molecule has 0 aromatic carbocycles. The first-order valence-corrected chi connectivity index (χ1v) is 10.5. The van der Waals surface area contributed by atoms with Gasteiger partial charge in [0.1, 0.15) is 5.82 Å². The van der Waals surface area contributed by atoms with Gasteiger partial charge in [-0.05, 0) is 41.4 Å². The molecule has 5 rings (SSSR count). The molecule has 0 radical (unpaired) electrons. The second-order valence-electron chi connectivity index (χ2n) is 7.42. The van der Waals surface area contributed by atoms with E-state index in [9.17, 15) is 4.79 Å². The van der Waals surface area contributed by atoms with Gasteiger partial charge in [-0.2, -0.15) is 0 Å². The van der Waals surface area contributed by atoms with Crippen LogP contribution in [0.4, 0.5) is 0 Å². The Bertz CT molecular complexity index is 1060. The first-order valence-electron chi connectivity index (χ1n) is 9.52. The van der Waals surface area contributed by atoms with Gasteiger partial charge < -0.3 is 14.5 Å². The van der Waals surface area contributed by atoms with Gasteiger partial charge in [-0.3, -0.25) is 4.79 Å². The van der Waals surface area contributed by atoms with Crippen LogP contribution >= 0.6 is 36.6 Å². The number of imidazole rings is 1. The molecule has 2 bridgehead atoms. The van der Waals surface area contributed by atoms with Crippen LogP contribution in [-0.4, -0.2) is 53.2 Å². The predicted molar refractivity (Wildman–Crippen MR) is 120 cm³/mol. The number of aryl methyl sites for hydroxylation is 2. The Balaban J connectivity index is 0.00000128. The van der Waals surface area contributed by atoms with Crippen LogP contribution in [0.1, 0.15) is 18.0 Å². The lowest BCUT2D eigenvalue weighted by atomic mass is 9.84. The SMILES string of the molecule is Cl.Cl.Cn1nnnc1SCCn1ccnc1-c1ccc2n(c1=O)C[C@@H]1CNC[C@H]2C1. The summed E-state index contributed by atoms with van der Waals surface area (Å²) in [5.74, 6) is 2.49. The Morgan fingerprint density at radius 3 is 2.93 bits per heavy atom. The van der Waals surface area contributed by atoms with Gasteiger partial charge in [-0.1, -0.05) is 11.8 Å². The van der Waals surface area contributed by atoms with E-state index in [1.54, 1.807) is 22.6 Å². The molecule has 2 aliphatic heterocycles. The van der Waals surface area contributed by atoms with Crippen molar-refractivity contribution in [1.82, 2.24) is 39.6 Å². The van der Waals surface area contributed by atoms with Gasteiger partial charge in [0.25, 0.3) is 5.56 Å². The lowest BCUT2D eigenvalue weighted by Crippen LogP contribution is -2.45. The first-order chi connectivity index (χ1) is 13.7. The molecule has 12 heteroatoms. The number of nitrogens with zero attached hydrogens (tertiary/aromatic N) is 7. The third-order valence-electron chi connectivity index (χ3n) is 5.61. The summed E-state index contributed by atoms with van der Waals surface area (Å²) in [5, 5.41) is 15.7. The molecule has 5 heterocycles. The largest absolute Gasteiger partial charge is 0.330 e. The van der Waals surface area contributed by atoms with Crippen molar-refractivity contribution in [2.75, 3.05) is 18.8 Å². The number of nitrogens with one attached hydrogen (secondary N) is 1. The molecule has 0 saturated carbocycles. The average Bonchev–Trinajstić information content (AvgIpc) is 3.32. The number of hydrogen-bond donors (Lipinski definition) is 1. The maximum Gasteiger partial charge on any atom is 0.261 e. The van der Waals surface area contributed by atoms with Crippen LogP contribution < -0.4 is 10.9 Å². The number of halogens is 2. The number of pyridine rings is 1. The zero-order chi connectivity index (χ0) is 19.1. The second-order valence-corrected chi connectivity index (χ2v) is 8.48. The highest BCUT2D eigenvalue weighted by Crippen LogP contribution is 2.32. The zero-order valence-corrected chi connectivity index (χ0v) is 18.9. The highest BCUT2D eigenvalue weighted by atomic mass is 35.5. The Morgan fingerprint density at radius 2 is 2.13 bits per heavy atom. The average molecular weight is 471 g/mol. The molecule has 162 valence electrons. The summed E-state index contributed by atoms with van der Waals surface area (Å²) in [7, 11) is 1.82. The molecule has 1 fully saturated rings. The molecular formula is C18H24Cl2N8OS. The van der Waals surface area contributed by atoms with Gasteiger partial charge >= 0.3 is 0 Å². The lowest BCUT2D eigenvalue weighted by molar-refractivity contribution is 0.257. The minimum absolute atomic E-state index is 0. The molecule has 0 aliphatic carbocycles. The van der Waals surface area contributed by atoms with Gasteiger partial charge in [-0.25, -0.2) is 9.67 Å². The topological polar surface area (TPSA) is 95.4 Å². The van der Waals surface area contributed by atoms with Crippen molar-refractivity contribution in [3.63, 3.8) is 0 Å². The highest BCUT2D eigenvalue weighted by molar-refractivity contribution is 7.99. The standard InChI is InChI=1S/C18H22N8OS.2ClH/c1-24-18(21-22-23-24)28-7-6-25-5-4-20-16(25)14-2-3-15-13-8-12(9-19-10-13)11-26(15)17(14)27;;/h2-5,12-13,19H,6-11H2,1H3;2*1H/t12-,13+;;/m0../s1. The second kappa shape index (κ2) is 9.51. The van der Waals surface area contributed by atoms with E-state index in [1.165, 1.54) is 6.42 Å². The molecule has 0 unspecified atom stereocenters. The van der Waals surface area contributed by atoms with E-state index in [4.69, 9.17) is 0 Å². The smallest absolute Gasteiger partial charge is 0.261 e. The third-order valence-corrected chi connectivity index (χ3v) is 6.60. The van der Waals surface area contributed by atoms with E-state index in [2.05, 4.69) is 31.9 Å². The van der Waals surface area contributed by atoms with Crippen molar-refractivity contribution in [2.45, 2.75) is 30.6 Å². The molecule has 0 amide bonds. The number of rotatable bonds is 5. The number of piperidine rings is 1. The minimum atomic E-state index is 0. The van der Waals surface area contributed by atoms with Crippen LogP contribution in [0.5, 0.6) is 0 Å². The van der Waals surface area contributed by atoms with Crippen molar-refractivity contribution in [2.24, 2.45) is 13.0 Å². The summed E-state index contributed by atoms with van der Waals surface area (Å²) in [6, 6.07) is 4.06. The van der Waals surface area contributed by atoms with Gasteiger partial charge in [0.15, 0.2) is 0 Å². The van der Waals surface area contributed by atoms with E-state index >= 15 is 0 Å². The van der Waals surface area contributed by atoms with E-state index in [-0.39, 0.29) is 30.4 Å². The van der Waals surface area contributed by atoms with Crippen LogP contribution in [0, 0.1) is 5.92 Å². The summed E-state index contributed by atoms with van der Waals surface area (Å²) in [4.78, 5) is 17.7. The Labute approximate surface area is 190 Å². The summed E-state index contributed by atoms with van der Waals surface area (Å²) in [6.45, 7) is 3.47. The van der Waals surface area contributed by atoms with E-state index in [1.807, 2.05) is 28.4 Å². The molecule has 2 atom stereocenters. The van der Waals surface area contributed by atoms with E-state index < -0.39 is 0 Å². The van der Waals surface area contributed by atoms with E-state index in [0.717, 1.165) is 48.6 Å². The fourth-order valence-electron chi connectivity index (χ4n) is 4.27. The molecule has 1 N–H and O–H groups in total. The number of aromatic nitrogens is 7. The van der Waals surface area contributed by atoms with Crippen LogP contribution in [-0.2, 0) is 20.1 Å². The molecule has 9 nitrogen and oxygen atoms in total. The third kappa shape index (κ3) is 4.14. The van der Waals surface area contributed by atoms with Crippen LogP contribution in [0.15, 0.2) is 34.5 Å². The fourth-order valence-corrected chi connectivity index (χ4v) is 5.06. The molecule has 2 aliphatic rings. The number of hydrogen-bond acceptors (Lipinski definition) is 7. The van der Waals surface area contributed by atoms with Crippen molar-refractivity contribution in [3.8, 4) is 11.4 Å². The monoisotopic (exact) mass is 470 g/mol. The van der Waals surface area contributed by atoms with Crippen molar-refractivity contribution >= 4 is 36.6 Å². The van der Waals surface area contributed by atoms with Crippen molar-refractivity contribution < 1.29 is 0 Å². The quantitative estimate of drug-likeness (QED) is 0.565. The number of fused-ring (bicyclic) bond motifs is 4. The number of thioether (sulfide) groups is 1. The fraction of sp³-hybridized carbons (Fsp3) is 0.500. The molecule has 30 heavy (non-hydrogen) atoms. The van der Waals surface area contributed by atoms with E-state index in [0.29, 0.717) is 17.4 Å². The molecule has 3 aromatic rings. The molecule has 1 saturated heterocycles. The molecule has 0 spiro atoms. The van der Waals surface area contributed by atoms with Crippen LogP contribution in [0.3, 0.4) is 0 Å². The first kappa shape index (κ1) is 22.8. The maximum absolute atomic E-state index is 13.3. The zero-order valence-electron chi connectivity index (χ0n) is 16.5. The van der Waals surface area contributed by atoms with Gasteiger partial charge in [0.05, 0.1) is 5.56 Å². The normalized spacial score (nSPS) is 19.5. The van der Waals surface area contributed by atoms with Gasteiger partial charge in [-0.15, -0.1) is 29.9 Å². The van der Waals surface area contributed by atoms with Crippen LogP contribution in [0.2, 0.25) is 0 Å². The summed E-state index contributed by atoms with van der Waals surface area (Å²) in [6.07, 6.45) is 4.85. The van der Waals surface area contributed by atoms with Crippen molar-refractivity contribution in [3.05, 3.63) is 40.6 Å². The van der Waals surface area contributed by atoms with Crippen molar-refractivity contribution in [1.29, 1.82) is 0 Å². The highest BCUT2D eigenvalue weighted by Gasteiger charge is 2.31. The van der Waals surface area contributed by atoms with Crippen LogP contribution in [0.25, 0.3) is 11.4 Å². The summed E-state index contributed by atoms with van der Waals surface area (Å²) in [5.41, 5.74) is 1.90. The van der Waals surface area contributed by atoms with Gasteiger partial charge in [0.2, 0.25) is 5.16 Å². The summed E-state index contributed by atoms with van der Waals surface area (Å²) >= 11 is 1.58. The number of tetrazole rings is 1. The summed E-state index contributed by atoms with van der Waals surface area (Å²) < 4.78 is 5.67. The molecule has 3 aromatic heterocycles. The van der Waals surface area contributed by atoms with Gasteiger partial charge in [0, 0.05) is 56.4 Å². The maximum atomic E-state index is 13.3.